The number of ether oxygens (including phenoxy) is 1. The Bertz CT molecular complexity index is 1440. The molecular weight excluding hydrogens is 513 g/mol. The van der Waals surface area contributed by atoms with Crippen molar-refractivity contribution in [1.29, 1.82) is 0 Å². The molecule has 0 aliphatic carbocycles. The largest absolute Gasteiger partial charge is 0.612 e. The van der Waals surface area contributed by atoms with Crippen LogP contribution in [0.2, 0.25) is 5.02 Å². The summed E-state index contributed by atoms with van der Waals surface area (Å²) >= 11 is 4.81. The van der Waals surface area contributed by atoms with Gasteiger partial charge in [-0.15, -0.1) is 0 Å². The SMILES string of the molecule is COc1cc(NC(C(=O)c2c[nH]c3ccc(C(F)(F)F)cc23)c2ccc(Cl)cc2C)cc([S+](C)[O-])c1. The first-order valence-corrected chi connectivity index (χ1v) is 12.7. The van der Waals surface area contributed by atoms with E-state index in [4.69, 9.17) is 16.3 Å². The van der Waals surface area contributed by atoms with Crippen LogP contribution < -0.4 is 10.1 Å². The average Bonchev–Trinajstić information content (AvgIpc) is 3.25. The summed E-state index contributed by atoms with van der Waals surface area (Å²) in [4.78, 5) is 17.3. The molecule has 0 amide bonds. The van der Waals surface area contributed by atoms with Crippen LogP contribution in [0.15, 0.2) is 65.7 Å². The van der Waals surface area contributed by atoms with Crippen molar-refractivity contribution in [1.82, 2.24) is 4.98 Å². The van der Waals surface area contributed by atoms with Crippen molar-refractivity contribution in [3.63, 3.8) is 0 Å². The molecule has 0 fully saturated rings. The fourth-order valence-electron chi connectivity index (χ4n) is 4.01. The fourth-order valence-corrected chi connectivity index (χ4v) is 4.81. The van der Waals surface area contributed by atoms with Gasteiger partial charge in [-0.1, -0.05) is 17.7 Å². The lowest BCUT2D eigenvalue weighted by Gasteiger charge is -2.22. The van der Waals surface area contributed by atoms with Gasteiger partial charge in [0.15, 0.2) is 10.7 Å². The van der Waals surface area contributed by atoms with Gasteiger partial charge in [-0.2, -0.15) is 13.2 Å². The van der Waals surface area contributed by atoms with Gasteiger partial charge in [-0.25, -0.2) is 0 Å². The molecule has 3 aromatic carbocycles. The minimum absolute atomic E-state index is 0.102. The van der Waals surface area contributed by atoms with Crippen molar-refractivity contribution < 1.29 is 27.3 Å². The van der Waals surface area contributed by atoms with Crippen LogP contribution in [0.5, 0.6) is 5.75 Å². The van der Waals surface area contributed by atoms with Gasteiger partial charge in [0.2, 0.25) is 0 Å². The van der Waals surface area contributed by atoms with E-state index >= 15 is 0 Å². The number of rotatable bonds is 7. The number of hydrogen-bond donors (Lipinski definition) is 2. The molecule has 0 radical (unpaired) electrons. The molecule has 0 bridgehead atoms. The third kappa shape index (κ3) is 5.33. The third-order valence-electron chi connectivity index (χ3n) is 5.84. The van der Waals surface area contributed by atoms with E-state index < -0.39 is 34.7 Å². The second kappa shape index (κ2) is 10.1. The Labute approximate surface area is 213 Å². The molecule has 0 saturated heterocycles. The first-order chi connectivity index (χ1) is 17.0. The Morgan fingerprint density at radius 1 is 1.14 bits per heavy atom. The van der Waals surface area contributed by atoms with Gasteiger partial charge in [0.25, 0.3) is 0 Å². The van der Waals surface area contributed by atoms with Gasteiger partial charge >= 0.3 is 6.18 Å². The van der Waals surface area contributed by atoms with Crippen LogP contribution >= 0.6 is 11.6 Å². The number of nitrogens with one attached hydrogen (secondary N) is 2. The second-order valence-electron chi connectivity index (χ2n) is 8.25. The molecule has 0 spiro atoms. The molecule has 10 heteroatoms. The van der Waals surface area contributed by atoms with Crippen LogP contribution in [0.4, 0.5) is 18.9 Å². The number of ketones is 1. The molecule has 188 valence electrons. The Morgan fingerprint density at radius 2 is 1.89 bits per heavy atom. The van der Waals surface area contributed by atoms with Crippen molar-refractivity contribution in [3.8, 4) is 5.75 Å². The van der Waals surface area contributed by atoms with Crippen molar-refractivity contribution >= 4 is 45.2 Å². The van der Waals surface area contributed by atoms with Crippen LogP contribution in [0.1, 0.15) is 33.1 Å². The standard InChI is InChI=1S/C26H22ClF3N2O3S/c1-14-8-16(27)5-6-20(14)24(32-17-10-18(35-2)12-19(11-17)36(3)34)25(33)22-13-31-23-7-4-15(9-21(22)23)26(28,29)30/h4-13,24,31-32H,1-3H3. The number of aryl methyl sites for hydroxylation is 1. The lowest BCUT2D eigenvalue weighted by atomic mass is 9.93. The lowest BCUT2D eigenvalue weighted by molar-refractivity contribution is -0.137. The molecule has 2 unspecified atom stereocenters. The topological polar surface area (TPSA) is 77.2 Å². The average molecular weight is 535 g/mol. The van der Waals surface area contributed by atoms with Crippen molar-refractivity contribution in [3.05, 3.63) is 88.1 Å². The number of hydrogen-bond acceptors (Lipinski definition) is 4. The molecule has 4 aromatic rings. The Kier molecular flexibility index (Phi) is 7.26. The molecule has 2 atom stereocenters. The monoisotopic (exact) mass is 534 g/mol. The number of Topliss-reactive ketones (excluding diaryl/α,β-unsaturated/α-hetero) is 1. The summed E-state index contributed by atoms with van der Waals surface area (Å²) < 4.78 is 57.6. The summed E-state index contributed by atoms with van der Waals surface area (Å²) in [5.74, 6) is -0.0147. The van der Waals surface area contributed by atoms with E-state index in [1.54, 1.807) is 43.3 Å². The minimum atomic E-state index is -4.55. The predicted octanol–water partition coefficient (Wildman–Crippen LogP) is 6.93. The fraction of sp³-hybridized carbons (Fsp3) is 0.192. The highest BCUT2D eigenvalue weighted by Gasteiger charge is 2.32. The lowest BCUT2D eigenvalue weighted by Crippen LogP contribution is -2.22. The van der Waals surface area contributed by atoms with Crippen LogP contribution in [0.25, 0.3) is 10.9 Å². The van der Waals surface area contributed by atoms with E-state index in [1.165, 1.54) is 25.6 Å². The molecule has 0 aliphatic heterocycles. The maximum atomic E-state index is 13.9. The number of anilines is 1. The van der Waals surface area contributed by atoms with Crippen molar-refractivity contribution in [2.75, 3.05) is 18.7 Å². The maximum Gasteiger partial charge on any atom is 0.416 e. The van der Waals surface area contributed by atoms with Gasteiger partial charge in [0.1, 0.15) is 18.0 Å². The predicted molar refractivity (Wildman–Crippen MR) is 136 cm³/mol. The highest BCUT2D eigenvalue weighted by molar-refractivity contribution is 7.90. The molecule has 5 nitrogen and oxygen atoms in total. The Balaban J connectivity index is 1.84. The number of H-pyrrole nitrogens is 1. The molecule has 0 aliphatic rings. The zero-order valence-electron chi connectivity index (χ0n) is 19.5. The summed E-state index contributed by atoms with van der Waals surface area (Å²) in [6, 6.07) is 12.2. The van der Waals surface area contributed by atoms with E-state index in [1.807, 2.05) is 0 Å². The smallest absolute Gasteiger partial charge is 0.416 e. The van der Waals surface area contributed by atoms with E-state index in [2.05, 4.69) is 10.3 Å². The summed E-state index contributed by atoms with van der Waals surface area (Å²) in [6.45, 7) is 1.79. The molecule has 36 heavy (non-hydrogen) atoms. The van der Waals surface area contributed by atoms with E-state index in [0.29, 0.717) is 38.0 Å². The first kappa shape index (κ1) is 25.9. The van der Waals surface area contributed by atoms with Crippen LogP contribution in [0.3, 0.4) is 0 Å². The van der Waals surface area contributed by atoms with Gasteiger partial charge in [-0.05, 0) is 59.6 Å². The molecule has 2 N–H and O–H groups in total. The minimum Gasteiger partial charge on any atom is -0.612 e. The number of fused-ring (bicyclic) bond motifs is 1. The summed E-state index contributed by atoms with van der Waals surface area (Å²) in [5.41, 5.74) is 1.42. The summed E-state index contributed by atoms with van der Waals surface area (Å²) in [6.07, 6.45) is -1.62. The zero-order chi connectivity index (χ0) is 26.2. The number of methoxy groups -OCH3 is 1. The number of benzene rings is 3. The molecule has 0 saturated carbocycles. The quantitative estimate of drug-likeness (QED) is 0.199. The van der Waals surface area contributed by atoms with Crippen LogP contribution in [-0.4, -0.2) is 28.7 Å². The van der Waals surface area contributed by atoms with Crippen molar-refractivity contribution in [2.45, 2.75) is 24.0 Å². The normalized spacial score (nSPS) is 13.4. The number of halogens is 4. The van der Waals surface area contributed by atoms with Gasteiger partial charge in [0.05, 0.1) is 12.7 Å². The first-order valence-electron chi connectivity index (χ1n) is 10.8. The van der Waals surface area contributed by atoms with E-state index in [0.717, 1.165) is 12.1 Å². The highest BCUT2D eigenvalue weighted by Crippen LogP contribution is 2.35. The number of aromatic nitrogens is 1. The Morgan fingerprint density at radius 3 is 2.53 bits per heavy atom. The maximum absolute atomic E-state index is 13.9. The second-order valence-corrected chi connectivity index (χ2v) is 10.1. The number of carbonyl (C=O) groups excluding carboxylic acids is 1. The van der Waals surface area contributed by atoms with Crippen molar-refractivity contribution in [2.24, 2.45) is 0 Å². The highest BCUT2D eigenvalue weighted by atomic mass is 35.5. The number of aromatic amines is 1. The van der Waals surface area contributed by atoms with Gasteiger partial charge in [0, 0.05) is 51.6 Å². The summed E-state index contributed by atoms with van der Waals surface area (Å²) in [7, 11) is 1.47. The molecule has 4 rings (SSSR count). The van der Waals surface area contributed by atoms with Gasteiger partial charge < -0.3 is 19.6 Å². The molecular formula is C26H22ClF3N2O3S. The van der Waals surface area contributed by atoms with E-state index in [-0.39, 0.29) is 10.9 Å². The molecule has 1 heterocycles. The zero-order valence-corrected chi connectivity index (χ0v) is 21.1. The third-order valence-corrected chi connectivity index (χ3v) is 6.97. The van der Waals surface area contributed by atoms with E-state index in [9.17, 15) is 22.5 Å². The molecule has 1 aromatic heterocycles. The summed E-state index contributed by atoms with van der Waals surface area (Å²) in [5, 5.41) is 3.82. The Hall–Kier alpha value is -3.14. The number of alkyl halides is 3. The van der Waals surface area contributed by atoms with Gasteiger partial charge in [-0.3, -0.25) is 4.79 Å². The number of carbonyl (C=O) groups is 1. The van der Waals surface area contributed by atoms with Crippen LogP contribution in [-0.2, 0) is 17.4 Å². The van der Waals surface area contributed by atoms with Crippen LogP contribution in [0, 0.1) is 6.92 Å².